The van der Waals surface area contributed by atoms with E-state index in [1.165, 1.54) is 0 Å². The monoisotopic (exact) mass is 468 g/mol. The van der Waals surface area contributed by atoms with Gasteiger partial charge in [-0.05, 0) is 25.6 Å². The highest BCUT2D eigenvalue weighted by Crippen LogP contribution is 2.42. The van der Waals surface area contributed by atoms with Crippen molar-refractivity contribution in [3.05, 3.63) is 17.7 Å². The molecule has 1 saturated heterocycles. The highest BCUT2D eigenvalue weighted by atomic mass is 32.2. The van der Waals surface area contributed by atoms with E-state index in [0.29, 0.717) is 23.7 Å². The molecule has 0 amide bonds. The molecule has 3 N–H and O–H groups in total. The lowest BCUT2D eigenvalue weighted by Crippen LogP contribution is -2.56. The second-order valence-electron chi connectivity index (χ2n) is 7.84. The molecule has 0 spiro atoms. The lowest BCUT2D eigenvalue weighted by Gasteiger charge is -2.41. The van der Waals surface area contributed by atoms with Crippen LogP contribution in [0.1, 0.15) is 18.4 Å². The maximum Gasteiger partial charge on any atom is 0.274 e. The molecule has 1 aliphatic carbocycles. The van der Waals surface area contributed by atoms with E-state index in [1.54, 1.807) is 27.3 Å². The van der Waals surface area contributed by atoms with Crippen LogP contribution in [-0.4, -0.2) is 97.1 Å². The van der Waals surface area contributed by atoms with Crippen LogP contribution in [0.5, 0.6) is 11.5 Å². The molecule has 0 bridgehead atoms. The zero-order valence-electron chi connectivity index (χ0n) is 18.8. The van der Waals surface area contributed by atoms with Gasteiger partial charge in [-0.2, -0.15) is 8.42 Å². The number of benzene rings is 1. The highest BCUT2D eigenvalue weighted by Gasteiger charge is 2.48. The molecule has 1 aromatic rings. The number of ether oxygens (including phenoxy) is 3. The summed E-state index contributed by atoms with van der Waals surface area (Å²) in [6, 6.07) is 3.61. The minimum absolute atomic E-state index is 0.0859. The number of nitrogens with zero attached hydrogens (tertiary/aromatic N) is 4. The van der Waals surface area contributed by atoms with Crippen molar-refractivity contribution in [1.82, 2.24) is 14.5 Å². The van der Waals surface area contributed by atoms with Gasteiger partial charge in [-0.15, -0.1) is 0 Å². The first-order chi connectivity index (χ1) is 15.3. The van der Waals surface area contributed by atoms with E-state index in [1.807, 2.05) is 6.07 Å². The summed E-state index contributed by atoms with van der Waals surface area (Å²) >= 11 is 0. The topological polar surface area (TPSA) is 131 Å². The Kier molecular flexibility index (Phi) is 7.72. The van der Waals surface area contributed by atoms with Crippen molar-refractivity contribution in [2.24, 2.45) is 15.1 Å². The molecule has 2 aliphatic rings. The number of methoxy groups -OCH3 is 2. The second-order valence-corrected chi connectivity index (χ2v) is 9.22. The minimum Gasteiger partial charge on any atom is -0.493 e. The number of hydrogen-bond acceptors (Lipinski definition) is 8. The van der Waals surface area contributed by atoms with Crippen LogP contribution >= 0.6 is 0 Å². The molecule has 178 valence electrons. The van der Waals surface area contributed by atoms with Gasteiger partial charge >= 0.3 is 0 Å². The number of aliphatic imine (C=N–C) groups is 2. The third kappa shape index (κ3) is 5.56. The Morgan fingerprint density at radius 3 is 2.41 bits per heavy atom. The van der Waals surface area contributed by atoms with Gasteiger partial charge in [-0.1, -0.05) is 0 Å². The maximum atomic E-state index is 11.3. The Balaban J connectivity index is 1.75. The summed E-state index contributed by atoms with van der Waals surface area (Å²) in [6.07, 6.45) is 1.90. The predicted molar refractivity (Wildman–Crippen MR) is 123 cm³/mol. The fraction of sp³-hybridized carbons (Fsp3) is 0.600. The van der Waals surface area contributed by atoms with Crippen LogP contribution in [0.15, 0.2) is 22.1 Å². The van der Waals surface area contributed by atoms with Gasteiger partial charge < -0.3 is 19.1 Å². The smallest absolute Gasteiger partial charge is 0.274 e. The number of piperazine rings is 1. The fourth-order valence-corrected chi connectivity index (χ4v) is 4.53. The molecule has 1 saturated carbocycles. The zero-order valence-corrected chi connectivity index (χ0v) is 19.7. The average Bonchev–Trinajstić information content (AvgIpc) is 3.58. The summed E-state index contributed by atoms with van der Waals surface area (Å²) in [5.41, 5.74) is 1.29. The first kappa shape index (κ1) is 24.4. The Morgan fingerprint density at radius 1 is 1.22 bits per heavy atom. The lowest BCUT2D eigenvalue weighted by atomic mass is 10.1. The van der Waals surface area contributed by atoms with Gasteiger partial charge in [0.15, 0.2) is 18.3 Å². The SMILES string of the molecule is C=Nc1cc(OC)c(OCOC)cc1C(=NC)N1CCN(C2(CNS(N)(=O)=O)CC2)CC1. The maximum absolute atomic E-state index is 11.3. The van der Waals surface area contributed by atoms with Crippen LogP contribution < -0.4 is 19.3 Å². The molecule has 0 unspecified atom stereocenters. The number of nitrogens with two attached hydrogens (primary N) is 1. The third-order valence-electron chi connectivity index (χ3n) is 5.92. The van der Waals surface area contributed by atoms with Crippen LogP contribution in [0, 0.1) is 0 Å². The molecule has 32 heavy (non-hydrogen) atoms. The normalized spacial score (nSPS) is 19.0. The van der Waals surface area contributed by atoms with Crippen molar-refractivity contribution >= 4 is 28.4 Å². The molecule has 11 nitrogen and oxygen atoms in total. The van der Waals surface area contributed by atoms with E-state index in [-0.39, 0.29) is 12.3 Å². The van der Waals surface area contributed by atoms with Crippen LogP contribution in [0.4, 0.5) is 5.69 Å². The highest BCUT2D eigenvalue weighted by molar-refractivity contribution is 7.87. The van der Waals surface area contributed by atoms with Crippen LogP contribution in [0.3, 0.4) is 0 Å². The summed E-state index contributed by atoms with van der Waals surface area (Å²) in [7, 11) is 1.16. The van der Waals surface area contributed by atoms with Gasteiger partial charge in [-0.3, -0.25) is 14.9 Å². The molecule has 0 atom stereocenters. The summed E-state index contributed by atoms with van der Waals surface area (Å²) in [5, 5.41) is 5.11. The Morgan fingerprint density at radius 2 is 1.91 bits per heavy atom. The van der Waals surface area contributed by atoms with Gasteiger partial charge in [-0.25, -0.2) is 9.86 Å². The fourth-order valence-electron chi connectivity index (χ4n) is 4.06. The predicted octanol–water partition coefficient (Wildman–Crippen LogP) is 0.330. The van der Waals surface area contributed by atoms with Crippen molar-refractivity contribution in [2.45, 2.75) is 18.4 Å². The molecule has 1 heterocycles. The largest absolute Gasteiger partial charge is 0.493 e. The summed E-state index contributed by atoms with van der Waals surface area (Å²) in [4.78, 5) is 13.2. The molecule has 2 fully saturated rings. The van der Waals surface area contributed by atoms with Gasteiger partial charge in [0.2, 0.25) is 0 Å². The first-order valence-corrected chi connectivity index (χ1v) is 11.9. The number of amidine groups is 1. The average molecular weight is 469 g/mol. The van der Waals surface area contributed by atoms with Crippen LogP contribution in [0.2, 0.25) is 0 Å². The first-order valence-electron chi connectivity index (χ1n) is 10.3. The van der Waals surface area contributed by atoms with Gasteiger partial charge in [0.25, 0.3) is 10.2 Å². The quantitative estimate of drug-likeness (QED) is 0.287. The van der Waals surface area contributed by atoms with E-state index < -0.39 is 10.2 Å². The van der Waals surface area contributed by atoms with Gasteiger partial charge in [0.05, 0.1) is 12.8 Å². The Bertz CT molecular complexity index is 955. The van der Waals surface area contributed by atoms with Crippen molar-refractivity contribution in [3.8, 4) is 11.5 Å². The van der Waals surface area contributed by atoms with Gasteiger partial charge in [0.1, 0.15) is 5.84 Å². The molecule has 1 aliphatic heterocycles. The van der Waals surface area contributed by atoms with Crippen molar-refractivity contribution in [3.63, 3.8) is 0 Å². The van der Waals surface area contributed by atoms with Crippen molar-refractivity contribution < 1.29 is 22.6 Å². The van der Waals surface area contributed by atoms with E-state index in [4.69, 9.17) is 19.3 Å². The minimum atomic E-state index is -3.70. The molecular formula is C20H32N6O5S. The standard InChI is InChI=1S/C20H32N6O5S/c1-22-16-12-17(30-4)18(31-14-29-3)11-15(16)19(23-2)25-7-9-26(10-8-25)20(5-6-20)13-24-32(21,27)28/h11-12,24H,1,5-10,13-14H2,2-4H3,(H2,21,27,28). The molecular weight excluding hydrogens is 436 g/mol. The number of nitrogens with one attached hydrogen (secondary N) is 1. The lowest BCUT2D eigenvalue weighted by molar-refractivity contribution is 0.0491. The summed E-state index contributed by atoms with van der Waals surface area (Å²) < 4.78 is 41.2. The Hall–Kier alpha value is -2.25. The summed E-state index contributed by atoms with van der Waals surface area (Å²) in [6.45, 7) is 7.16. The van der Waals surface area contributed by atoms with E-state index in [0.717, 1.165) is 50.4 Å². The number of hydrogen-bond donors (Lipinski definition) is 2. The van der Waals surface area contributed by atoms with Crippen LogP contribution in [-0.2, 0) is 14.9 Å². The molecule has 0 aromatic heterocycles. The van der Waals surface area contributed by atoms with Gasteiger partial charge in [0, 0.05) is 64.0 Å². The molecule has 1 aromatic carbocycles. The van der Waals surface area contributed by atoms with Crippen LogP contribution in [0.25, 0.3) is 0 Å². The van der Waals surface area contributed by atoms with Crippen molar-refractivity contribution in [2.75, 3.05) is 60.8 Å². The molecule has 12 heteroatoms. The number of rotatable bonds is 10. The van der Waals surface area contributed by atoms with Crippen molar-refractivity contribution in [1.29, 1.82) is 0 Å². The van der Waals surface area contributed by atoms with E-state index in [2.05, 4.69) is 31.2 Å². The Labute approximate surface area is 189 Å². The summed E-state index contributed by atoms with van der Waals surface area (Å²) in [5.74, 6) is 1.85. The molecule has 0 radical (unpaired) electrons. The van der Waals surface area contributed by atoms with E-state index >= 15 is 0 Å². The second kappa shape index (κ2) is 10.1. The van der Waals surface area contributed by atoms with E-state index in [9.17, 15) is 8.42 Å². The third-order valence-corrected chi connectivity index (χ3v) is 6.46. The zero-order chi connectivity index (χ0) is 23.4. The molecule has 3 rings (SSSR count).